The Morgan fingerprint density at radius 1 is 0.452 bits per heavy atom. The molecule has 6 aromatic carbocycles. The molecule has 0 aromatic heterocycles. The van der Waals surface area contributed by atoms with E-state index in [1.165, 1.54) is 55.6 Å². The SMILES string of the molecule is C1=C[CH]([Zr](=[C](c2ccccc2)c2ccccc2)[CH]2c3ccccc3-c3ccccc32)c2c1cccc2-c1ccccc1. The van der Waals surface area contributed by atoms with Gasteiger partial charge in [0.15, 0.2) is 0 Å². The molecule has 0 heterocycles. The van der Waals surface area contributed by atoms with E-state index in [4.69, 9.17) is 0 Å². The second-order valence-electron chi connectivity index (χ2n) is 11.2. The van der Waals surface area contributed by atoms with E-state index in [0.29, 0.717) is 7.25 Å². The monoisotopic (exact) mass is 612 g/mol. The van der Waals surface area contributed by atoms with E-state index in [0.717, 1.165) is 0 Å². The molecule has 42 heavy (non-hydrogen) atoms. The maximum atomic E-state index is 2.57. The summed E-state index contributed by atoms with van der Waals surface area (Å²) in [4.78, 5) is 0. The second kappa shape index (κ2) is 10.9. The molecule has 1 heteroatoms. The van der Waals surface area contributed by atoms with E-state index in [9.17, 15) is 0 Å². The Morgan fingerprint density at radius 3 is 1.55 bits per heavy atom. The molecule has 0 amide bonds. The Bertz CT molecular complexity index is 1880. The number of rotatable bonds is 5. The Kier molecular flexibility index (Phi) is 6.62. The molecular formula is C41H30Zr. The molecule has 0 nitrogen and oxygen atoms in total. The molecule has 0 aliphatic heterocycles. The van der Waals surface area contributed by atoms with Crippen LogP contribution in [-0.4, -0.2) is 3.21 Å². The zero-order chi connectivity index (χ0) is 27.9. The van der Waals surface area contributed by atoms with Gasteiger partial charge < -0.3 is 0 Å². The Hall–Kier alpha value is -4.19. The number of hydrogen-bond donors (Lipinski definition) is 0. The molecule has 6 aromatic rings. The van der Waals surface area contributed by atoms with Crippen molar-refractivity contribution in [1.29, 1.82) is 0 Å². The van der Waals surface area contributed by atoms with E-state index >= 15 is 0 Å². The van der Waals surface area contributed by atoms with Crippen molar-refractivity contribution < 1.29 is 21.3 Å². The van der Waals surface area contributed by atoms with E-state index in [1.807, 2.05) is 0 Å². The normalized spacial score (nSPS) is 14.7. The summed E-state index contributed by atoms with van der Waals surface area (Å²) in [5.74, 6) is 0. The molecule has 0 saturated carbocycles. The van der Waals surface area contributed by atoms with Crippen LogP contribution in [0.2, 0.25) is 0 Å². The number of allylic oxidation sites excluding steroid dienone is 1. The van der Waals surface area contributed by atoms with Crippen LogP contribution in [0.25, 0.3) is 28.3 Å². The van der Waals surface area contributed by atoms with Gasteiger partial charge in [0.2, 0.25) is 0 Å². The van der Waals surface area contributed by atoms with Gasteiger partial charge in [-0.3, -0.25) is 0 Å². The third kappa shape index (κ3) is 4.27. The standard InChI is InChI=1S/C15H11.C13H9.C13H10.Zr/c1-2-6-12(7-3-1)14-10-4-8-13-9-5-11-15(13)14;1-3-7-12-10(5-1)9-11-6-2-4-8-13(11)12;1-3-7-12(8-4-1)11-13-9-5-2-6-10-13;/h1-11H;1-9H;1-10H;. The average molecular weight is 614 g/mol. The fourth-order valence-corrected chi connectivity index (χ4v) is 17.2. The van der Waals surface area contributed by atoms with Gasteiger partial charge in [-0.25, -0.2) is 0 Å². The summed E-state index contributed by atoms with van der Waals surface area (Å²) in [6.07, 6.45) is 4.98. The van der Waals surface area contributed by atoms with Crippen LogP contribution in [0.3, 0.4) is 0 Å². The second-order valence-corrected chi connectivity index (χ2v) is 17.6. The molecule has 2 aliphatic rings. The van der Waals surface area contributed by atoms with Crippen LogP contribution in [0.15, 0.2) is 164 Å². The summed E-state index contributed by atoms with van der Waals surface area (Å²) in [6, 6.07) is 58.8. The number of benzene rings is 6. The van der Waals surface area contributed by atoms with Crippen molar-refractivity contribution in [2.45, 2.75) is 7.25 Å². The predicted octanol–water partition coefficient (Wildman–Crippen LogP) is 10.1. The van der Waals surface area contributed by atoms with Crippen molar-refractivity contribution in [2.24, 2.45) is 0 Å². The molecule has 0 saturated heterocycles. The summed E-state index contributed by atoms with van der Waals surface area (Å²) >= 11 is -2.82. The quantitative estimate of drug-likeness (QED) is 0.182. The van der Waals surface area contributed by atoms with Crippen LogP contribution in [0.1, 0.15) is 40.6 Å². The van der Waals surface area contributed by atoms with E-state index in [1.54, 1.807) is 3.21 Å². The Morgan fingerprint density at radius 2 is 0.952 bits per heavy atom. The molecule has 198 valence electrons. The van der Waals surface area contributed by atoms with E-state index < -0.39 is 21.3 Å². The predicted molar refractivity (Wildman–Crippen MR) is 173 cm³/mol. The van der Waals surface area contributed by atoms with Crippen LogP contribution in [0.5, 0.6) is 0 Å². The molecule has 0 spiro atoms. The van der Waals surface area contributed by atoms with Crippen molar-refractivity contribution in [1.82, 2.24) is 0 Å². The summed E-state index contributed by atoms with van der Waals surface area (Å²) in [5, 5.41) is 0. The molecular weight excluding hydrogens is 584 g/mol. The van der Waals surface area contributed by atoms with E-state index in [2.05, 4.69) is 170 Å². The summed E-state index contributed by atoms with van der Waals surface area (Å²) in [5.41, 5.74) is 14.2. The molecule has 2 aliphatic carbocycles. The molecule has 1 atom stereocenters. The van der Waals surface area contributed by atoms with Gasteiger partial charge in [0.05, 0.1) is 0 Å². The van der Waals surface area contributed by atoms with Gasteiger partial charge in [0.25, 0.3) is 0 Å². The fraction of sp³-hybridized carbons (Fsp3) is 0.0488. The van der Waals surface area contributed by atoms with Crippen LogP contribution in [0.4, 0.5) is 0 Å². The van der Waals surface area contributed by atoms with Crippen LogP contribution in [-0.2, 0) is 21.3 Å². The Labute approximate surface area is 255 Å². The van der Waals surface area contributed by atoms with Gasteiger partial charge in [-0.1, -0.05) is 0 Å². The third-order valence-corrected chi connectivity index (χ3v) is 17.6. The first-order valence-corrected chi connectivity index (χ1v) is 18.8. The first-order valence-electron chi connectivity index (χ1n) is 14.8. The Balaban J connectivity index is 1.49. The molecule has 1 unspecified atom stereocenters. The summed E-state index contributed by atoms with van der Waals surface area (Å²) in [6.45, 7) is 0. The van der Waals surface area contributed by atoms with Gasteiger partial charge >= 0.3 is 257 Å². The molecule has 8 rings (SSSR count). The summed E-state index contributed by atoms with van der Waals surface area (Å²) < 4.78 is 2.39. The molecule has 0 fully saturated rings. The molecule has 0 radical (unpaired) electrons. The molecule has 0 bridgehead atoms. The van der Waals surface area contributed by atoms with Crippen molar-refractivity contribution in [3.63, 3.8) is 0 Å². The number of hydrogen-bond acceptors (Lipinski definition) is 0. The van der Waals surface area contributed by atoms with Crippen molar-refractivity contribution in [3.8, 4) is 22.3 Å². The van der Waals surface area contributed by atoms with Crippen LogP contribution in [0, 0.1) is 0 Å². The van der Waals surface area contributed by atoms with Crippen LogP contribution >= 0.6 is 0 Å². The first kappa shape index (κ1) is 25.5. The van der Waals surface area contributed by atoms with Crippen molar-refractivity contribution in [2.75, 3.05) is 0 Å². The average Bonchev–Trinajstić information content (AvgIpc) is 3.64. The van der Waals surface area contributed by atoms with Gasteiger partial charge in [-0.2, -0.15) is 0 Å². The van der Waals surface area contributed by atoms with Gasteiger partial charge in [-0.15, -0.1) is 0 Å². The first-order chi connectivity index (χ1) is 20.9. The fourth-order valence-electron chi connectivity index (χ4n) is 7.18. The van der Waals surface area contributed by atoms with E-state index in [-0.39, 0.29) is 0 Å². The molecule has 0 N–H and O–H groups in total. The topological polar surface area (TPSA) is 0 Å². The summed E-state index contributed by atoms with van der Waals surface area (Å²) in [7, 11) is 0. The van der Waals surface area contributed by atoms with Gasteiger partial charge in [0, 0.05) is 0 Å². The number of fused-ring (bicyclic) bond motifs is 4. The zero-order valence-corrected chi connectivity index (χ0v) is 25.8. The van der Waals surface area contributed by atoms with Crippen molar-refractivity contribution >= 4 is 9.28 Å². The van der Waals surface area contributed by atoms with Crippen LogP contribution < -0.4 is 0 Å². The third-order valence-electron chi connectivity index (χ3n) is 8.90. The zero-order valence-electron chi connectivity index (χ0n) is 23.3. The minimum atomic E-state index is -2.82. The van der Waals surface area contributed by atoms with Gasteiger partial charge in [-0.05, 0) is 0 Å². The van der Waals surface area contributed by atoms with Gasteiger partial charge in [0.1, 0.15) is 0 Å². The van der Waals surface area contributed by atoms with Crippen molar-refractivity contribution in [3.05, 3.63) is 197 Å². The minimum absolute atomic E-state index is 0.387. The maximum absolute atomic E-state index is 2.82.